The second-order valence-corrected chi connectivity index (χ2v) is 13.9. The fourth-order valence-electron chi connectivity index (χ4n) is 7.15. The van der Waals surface area contributed by atoms with Crippen molar-refractivity contribution in [3.8, 4) is 23.0 Å². The van der Waals surface area contributed by atoms with Crippen LogP contribution >= 0.6 is 0 Å². The molecule has 0 spiro atoms. The van der Waals surface area contributed by atoms with Gasteiger partial charge in [0.25, 0.3) is 12.3 Å². The first kappa shape index (κ1) is 34.2. The van der Waals surface area contributed by atoms with Gasteiger partial charge in [-0.05, 0) is 74.6 Å². The van der Waals surface area contributed by atoms with Gasteiger partial charge in [0.1, 0.15) is 40.9 Å². The minimum Gasteiger partial charge on any atom is -0.378 e. The molecule has 3 atom stereocenters. The van der Waals surface area contributed by atoms with Crippen LogP contribution in [0, 0.1) is 29.4 Å². The van der Waals surface area contributed by atoms with Gasteiger partial charge in [-0.1, -0.05) is 12.8 Å². The number of hydrogen-bond acceptors (Lipinski definition) is 7. The molecule has 0 bridgehead atoms. The number of carbonyl (C=O) groups is 1. The van der Waals surface area contributed by atoms with E-state index in [0.29, 0.717) is 27.5 Å². The number of nitrogen functional groups attached to an aromatic ring is 1. The summed E-state index contributed by atoms with van der Waals surface area (Å²) < 4.78 is 90.2. The fourth-order valence-corrected chi connectivity index (χ4v) is 7.15. The van der Waals surface area contributed by atoms with Gasteiger partial charge in [0, 0.05) is 52.6 Å². The van der Waals surface area contributed by atoms with E-state index in [-0.39, 0.29) is 41.3 Å². The van der Waals surface area contributed by atoms with Crippen molar-refractivity contribution in [2.75, 3.05) is 5.73 Å². The van der Waals surface area contributed by atoms with Gasteiger partial charge in [0.2, 0.25) is 5.95 Å². The van der Waals surface area contributed by atoms with E-state index in [4.69, 9.17) is 10.7 Å². The molecule has 2 aliphatic rings. The Bertz CT molecular complexity index is 2260. The number of Topliss-reactive ketones (excluding diaryl/α,β-unsaturated/α-hetero) is 1. The summed E-state index contributed by atoms with van der Waals surface area (Å²) in [5.41, 5.74) is 3.87. The lowest BCUT2D eigenvalue weighted by atomic mass is 9.86. The molecule has 0 aliphatic heterocycles. The van der Waals surface area contributed by atoms with E-state index < -0.39 is 77.0 Å². The van der Waals surface area contributed by atoms with E-state index in [2.05, 4.69) is 27.1 Å². The highest BCUT2D eigenvalue weighted by Crippen LogP contribution is 2.71. The number of fused-ring (bicyclic) bond motifs is 4. The first-order valence-electron chi connectivity index (χ1n) is 16.1. The highest BCUT2D eigenvalue weighted by atomic mass is 19.3. The number of pyridine rings is 2. The molecule has 4 aromatic heterocycles. The smallest absolute Gasteiger partial charge is 0.293 e. The van der Waals surface area contributed by atoms with Crippen molar-refractivity contribution in [1.29, 1.82) is 0 Å². The summed E-state index contributed by atoms with van der Waals surface area (Å²) in [5, 5.41) is 21.9. The SMILES string of the molecule is CC(C)(O)C#Cc1ccc(-c2ccc3nnc(N)n3c2)c([C@@H](CC(=O)Cn2nc(C(F)F)c3c2C(F)(F)[C@@H]2C[C@]32C)Cc2cc(F)cc(F)c2)n1. The molecular formula is C36H31F6N7O2. The Morgan fingerprint density at radius 2 is 1.82 bits per heavy atom. The number of halogens is 6. The number of alkyl halides is 4. The summed E-state index contributed by atoms with van der Waals surface area (Å²) in [4.78, 5) is 18.6. The van der Waals surface area contributed by atoms with E-state index in [0.717, 1.165) is 12.1 Å². The lowest BCUT2D eigenvalue weighted by Crippen LogP contribution is -2.24. The van der Waals surface area contributed by atoms with Crippen LogP contribution in [-0.4, -0.2) is 45.9 Å². The highest BCUT2D eigenvalue weighted by Gasteiger charge is 2.74. The van der Waals surface area contributed by atoms with Crippen LogP contribution in [0.15, 0.2) is 48.7 Å². The van der Waals surface area contributed by atoms with E-state index >= 15 is 8.78 Å². The topological polar surface area (TPSA) is 124 Å². The van der Waals surface area contributed by atoms with Crippen LogP contribution in [0.3, 0.4) is 0 Å². The van der Waals surface area contributed by atoms with Crippen molar-refractivity contribution >= 4 is 17.4 Å². The van der Waals surface area contributed by atoms with Crippen LogP contribution < -0.4 is 5.73 Å². The summed E-state index contributed by atoms with van der Waals surface area (Å²) in [7, 11) is 0. The number of nitrogens with zero attached hydrogens (tertiary/aromatic N) is 6. The number of hydrogen-bond donors (Lipinski definition) is 2. The Morgan fingerprint density at radius 3 is 2.51 bits per heavy atom. The number of carbonyl (C=O) groups excluding carboxylic acids is 1. The van der Waals surface area contributed by atoms with Gasteiger partial charge >= 0.3 is 0 Å². The number of aromatic nitrogens is 6. The fraction of sp³-hybridized carbons (Fsp3) is 0.361. The third-order valence-electron chi connectivity index (χ3n) is 9.50. The number of nitrogens with two attached hydrogens (primary N) is 1. The minimum absolute atomic E-state index is 0.0341. The standard InChI is InChI=1S/C36H31F6N7O2/c1-34(2,51)9-8-23-5-6-25(19-4-7-27-45-46-33(43)48(27)16-19)29(44-23)20(10-18-11-21(37)14-22(38)12-18)13-24(50)17-49-31-28(30(47-49)32(39)40)35(3)15-26(35)36(31,41)42/h4-7,11-12,14,16,20,26,32,51H,10,13,15,17H2,1-3H3,(H2,43,46)/t20-,26-,35+/m1/s1. The molecule has 264 valence electrons. The summed E-state index contributed by atoms with van der Waals surface area (Å²) >= 11 is 0. The molecule has 1 aromatic carbocycles. The van der Waals surface area contributed by atoms with E-state index in [1.165, 1.54) is 25.2 Å². The average Bonchev–Trinajstić information content (AvgIpc) is 3.31. The molecule has 1 fully saturated rings. The van der Waals surface area contributed by atoms with Crippen molar-refractivity contribution in [3.63, 3.8) is 0 Å². The van der Waals surface area contributed by atoms with Crippen LogP contribution in [0.1, 0.15) is 79.9 Å². The largest absolute Gasteiger partial charge is 0.378 e. The Labute approximate surface area is 287 Å². The normalized spacial score (nSPS) is 19.5. The second kappa shape index (κ2) is 11.9. The molecule has 3 N–H and O–H groups in total. The van der Waals surface area contributed by atoms with Crippen molar-refractivity contribution in [2.45, 2.75) is 75.9 Å². The van der Waals surface area contributed by atoms with Gasteiger partial charge in [0.15, 0.2) is 11.4 Å². The van der Waals surface area contributed by atoms with E-state index in [1.807, 2.05) is 0 Å². The zero-order chi connectivity index (χ0) is 36.6. The predicted molar refractivity (Wildman–Crippen MR) is 173 cm³/mol. The van der Waals surface area contributed by atoms with Crippen LogP contribution in [0.5, 0.6) is 0 Å². The van der Waals surface area contributed by atoms with Crippen LogP contribution in [0.4, 0.5) is 32.3 Å². The van der Waals surface area contributed by atoms with Gasteiger partial charge in [-0.25, -0.2) is 22.5 Å². The lowest BCUT2D eigenvalue weighted by Gasteiger charge is -2.21. The maximum Gasteiger partial charge on any atom is 0.293 e. The number of aliphatic hydroxyl groups is 1. The first-order chi connectivity index (χ1) is 23.9. The van der Waals surface area contributed by atoms with Gasteiger partial charge in [-0.2, -0.15) is 13.9 Å². The van der Waals surface area contributed by atoms with E-state index in [9.17, 15) is 27.5 Å². The predicted octanol–water partition coefficient (Wildman–Crippen LogP) is 6.28. The van der Waals surface area contributed by atoms with Crippen molar-refractivity contribution in [3.05, 3.63) is 94.2 Å². The summed E-state index contributed by atoms with van der Waals surface area (Å²) in [5.74, 6) is -2.38. The molecule has 2 aliphatic carbocycles. The molecule has 51 heavy (non-hydrogen) atoms. The van der Waals surface area contributed by atoms with Crippen LogP contribution in [0.2, 0.25) is 0 Å². The van der Waals surface area contributed by atoms with E-state index in [1.54, 1.807) is 30.5 Å². The Kier molecular flexibility index (Phi) is 8.01. The zero-order valence-electron chi connectivity index (χ0n) is 27.6. The second-order valence-electron chi connectivity index (χ2n) is 13.9. The monoisotopic (exact) mass is 707 g/mol. The third-order valence-corrected chi connectivity index (χ3v) is 9.50. The molecule has 5 aromatic rings. The quantitative estimate of drug-likeness (QED) is 0.137. The Morgan fingerprint density at radius 1 is 1.10 bits per heavy atom. The van der Waals surface area contributed by atoms with Gasteiger partial charge in [0.05, 0.1) is 5.69 Å². The van der Waals surface area contributed by atoms with Crippen molar-refractivity contribution in [1.82, 2.24) is 29.4 Å². The molecule has 1 saturated carbocycles. The summed E-state index contributed by atoms with van der Waals surface area (Å²) in [6.07, 6.45) is -2.01. The molecule has 0 amide bonds. The average molecular weight is 708 g/mol. The zero-order valence-corrected chi connectivity index (χ0v) is 27.6. The number of anilines is 1. The summed E-state index contributed by atoms with van der Waals surface area (Å²) in [6, 6.07) is 9.52. The molecule has 0 saturated heterocycles. The number of ketones is 1. The number of rotatable bonds is 9. The van der Waals surface area contributed by atoms with Gasteiger partial charge in [-0.15, -0.1) is 10.2 Å². The molecule has 0 radical (unpaired) electrons. The Hall–Kier alpha value is -5.23. The van der Waals surface area contributed by atoms with Crippen LogP contribution in [0.25, 0.3) is 16.8 Å². The van der Waals surface area contributed by atoms with Crippen LogP contribution in [-0.2, 0) is 29.1 Å². The van der Waals surface area contributed by atoms with Gasteiger partial charge in [-0.3, -0.25) is 13.9 Å². The molecule has 7 rings (SSSR count). The summed E-state index contributed by atoms with van der Waals surface area (Å²) in [6.45, 7) is 3.70. The van der Waals surface area contributed by atoms with Crippen molar-refractivity contribution in [2.24, 2.45) is 5.92 Å². The Balaban J connectivity index is 1.33. The maximum absolute atomic E-state index is 15.5. The molecule has 9 nitrogen and oxygen atoms in total. The van der Waals surface area contributed by atoms with Crippen molar-refractivity contribution < 1.29 is 36.2 Å². The maximum atomic E-state index is 15.5. The lowest BCUT2D eigenvalue weighted by molar-refractivity contribution is -0.120. The molecule has 15 heteroatoms. The minimum atomic E-state index is -3.46. The molecule has 0 unspecified atom stereocenters. The molecule has 4 heterocycles. The third kappa shape index (κ3) is 6.22. The van der Waals surface area contributed by atoms with Gasteiger partial charge < -0.3 is 10.8 Å². The molecular weight excluding hydrogens is 676 g/mol. The first-order valence-corrected chi connectivity index (χ1v) is 16.1. The highest BCUT2D eigenvalue weighted by molar-refractivity contribution is 5.80. The number of benzene rings is 1.